The van der Waals surface area contributed by atoms with Gasteiger partial charge in [-0.1, -0.05) is 400 Å². The Bertz CT molecular complexity index is 1200. The Balaban J connectivity index is 4.02. The summed E-state index contributed by atoms with van der Waals surface area (Å²) in [6.07, 6.45) is 83.1. The van der Waals surface area contributed by atoms with Crippen LogP contribution in [0.4, 0.5) is 0 Å². The Morgan fingerprint density at radius 2 is 0.338 bits per heavy atom. The SMILES string of the molecule is CCCCCCCCCCCCCCCCCCCCCCCCCCCCCCCCCCC(=O)OCC(COC(=O)CCCCCCCCCCCC)OC(=O)CCCCCCCCCCCCCCCCCCCCCC. The van der Waals surface area contributed by atoms with Crippen molar-refractivity contribution in [2.24, 2.45) is 0 Å². The lowest BCUT2D eigenvalue weighted by Gasteiger charge is -2.18. The number of rotatable bonds is 70. The van der Waals surface area contributed by atoms with Gasteiger partial charge in [-0.2, -0.15) is 0 Å². The van der Waals surface area contributed by atoms with Gasteiger partial charge in [-0.25, -0.2) is 0 Å². The largest absolute Gasteiger partial charge is 0.462 e. The van der Waals surface area contributed by atoms with Gasteiger partial charge in [0.05, 0.1) is 0 Å². The summed E-state index contributed by atoms with van der Waals surface area (Å²) in [6, 6.07) is 0. The van der Waals surface area contributed by atoms with Gasteiger partial charge in [-0.15, -0.1) is 0 Å². The lowest BCUT2D eigenvalue weighted by atomic mass is 10.0. The summed E-state index contributed by atoms with van der Waals surface area (Å²) in [6.45, 7) is 6.73. The molecule has 0 aromatic rings. The number of esters is 3. The highest BCUT2D eigenvalue weighted by Crippen LogP contribution is 2.20. The standard InChI is InChI=1S/C74H144O6/c1-4-7-10-13-16-19-22-24-26-28-30-32-33-34-35-36-37-38-39-40-41-42-43-45-46-48-50-52-55-58-61-64-67-73(76)79-70-71(69-78-72(75)66-63-60-57-54-21-18-15-12-9-6-3)80-74(77)68-65-62-59-56-53-51-49-47-44-31-29-27-25-23-20-17-14-11-8-5-2/h71H,4-70H2,1-3H3. The molecule has 6 heteroatoms. The molecule has 80 heavy (non-hydrogen) atoms. The molecular formula is C74H144O6. The molecule has 0 heterocycles. The van der Waals surface area contributed by atoms with Crippen molar-refractivity contribution in [1.29, 1.82) is 0 Å². The first kappa shape index (κ1) is 78.4. The van der Waals surface area contributed by atoms with Gasteiger partial charge in [0.2, 0.25) is 0 Å². The predicted molar refractivity (Wildman–Crippen MR) is 349 cm³/mol. The van der Waals surface area contributed by atoms with Crippen LogP contribution in [0.1, 0.15) is 438 Å². The zero-order valence-corrected chi connectivity index (χ0v) is 54.9. The second-order valence-corrected chi connectivity index (χ2v) is 25.6. The van der Waals surface area contributed by atoms with E-state index >= 15 is 0 Å². The number of carbonyl (C=O) groups excluding carboxylic acids is 3. The molecule has 0 N–H and O–H groups in total. The lowest BCUT2D eigenvalue weighted by molar-refractivity contribution is -0.167. The molecule has 0 rings (SSSR count). The molecule has 0 aliphatic carbocycles. The molecule has 0 saturated heterocycles. The number of hydrogen-bond acceptors (Lipinski definition) is 6. The zero-order chi connectivity index (χ0) is 57.8. The van der Waals surface area contributed by atoms with Crippen molar-refractivity contribution in [1.82, 2.24) is 0 Å². The number of hydrogen-bond donors (Lipinski definition) is 0. The maximum absolute atomic E-state index is 12.9. The Hall–Kier alpha value is -1.59. The van der Waals surface area contributed by atoms with Crippen LogP contribution < -0.4 is 0 Å². The van der Waals surface area contributed by atoms with Gasteiger partial charge in [-0.3, -0.25) is 14.4 Å². The fourth-order valence-corrected chi connectivity index (χ4v) is 11.8. The number of unbranched alkanes of at least 4 members (excludes halogenated alkanes) is 59. The van der Waals surface area contributed by atoms with E-state index in [0.717, 1.165) is 57.8 Å². The van der Waals surface area contributed by atoms with Crippen LogP contribution in [-0.2, 0) is 28.6 Å². The minimum atomic E-state index is -0.763. The summed E-state index contributed by atoms with van der Waals surface area (Å²) in [5.74, 6) is -0.824. The van der Waals surface area contributed by atoms with Crippen LogP contribution in [0.25, 0.3) is 0 Å². The molecule has 0 spiro atoms. The minimum absolute atomic E-state index is 0.0605. The molecule has 0 aromatic heterocycles. The fourth-order valence-electron chi connectivity index (χ4n) is 11.8. The van der Waals surface area contributed by atoms with E-state index in [9.17, 15) is 14.4 Å². The summed E-state index contributed by atoms with van der Waals surface area (Å²) in [7, 11) is 0. The summed E-state index contributed by atoms with van der Waals surface area (Å²) in [5.41, 5.74) is 0. The second-order valence-electron chi connectivity index (χ2n) is 25.6. The van der Waals surface area contributed by atoms with Crippen molar-refractivity contribution in [3.63, 3.8) is 0 Å². The summed E-state index contributed by atoms with van der Waals surface area (Å²) < 4.78 is 17.0. The number of carbonyl (C=O) groups is 3. The topological polar surface area (TPSA) is 78.9 Å². The zero-order valence-electron chi connectivity index (χ0n) is 54.9. The van der Waals surface area contributed by atoms with Crippen molar-refractivity contribution in [3.8, 4) is 0 Å². The predicted octanol–water partition coefficient (Wildman–Crippen LogP) is 25.4. The van der Waals surface area contributed by atoms with Gasteiger partial charge in [-0.05, 0) is 19.3 Å². The van der Waals surface area contributed by atoms with Gasteiger partial charge in [0.15, 0.2) is 6.10 Å². The van der Waals surface area contributed by atoms with Gasteiger partial charge in [0.25, 0.3) is 0 Å². The van der Waals surface area contributed by atoms with Crippen molar-refractivity contribution in [2.45, 2.75) is 444 Å². The molecule has 0 aromatic carbocycles. The highest BCUT2D eigenvalue weighted by molar-refractivity contribution is 5.71. The van der Waals surface area contributed by atoms with Crippen LogP contribution >= 0.6 is 0 Å². The quantitative estimate of drug-likeness (QED) is 0.0343. The molecule has 6 nitrogen and oxygen atoms in total. The van der Waals surface area contributed by atoms with E-state index in [1.54, 1.807) is 0 Å². The van der Waals surface area contributed by atoms with E-state index in [1.165, 1.54) is 340 Å². The van der Waals surface area contributed by atoms with E-state index in [1.807, 2.05) is 0 Å². The number of ether oxygens (including phenoxy) is 3. The fraction of sp³-hybridized carbons (Fsp3) is 0.959. The highest BCUT2D eigenvalue weighted by atomic mass is 16.6. The van der Waals surface area contributed by atoms with Crippen LogP contribution in [0.2, 0.25) is 0 Å². The third-order valence-corrected chi connectivity index (χ3v) is 17.4. The second kappa shape index (κ2) is 69.9. The molecule has 1 unspecified atom stereocenters. The molecule has 0 bridgehead atoms. The Morgan fingerprint density at radius 1 is 0.200 bits per heavy atom. The van der Waals surface area contributed by atoms with Crippen molar-refractivity contribution in [3.05, 3.63) is 0 Å². The normalized spacial score (nSPS) is 11.9. The van der Waals surface area contributed by atoms with Crippen LogP contribution in [0, 0.1) is 0 Å². The van der Waals surface area contributed by atoms with E-state index in [4.69, 9.17) is 14.2 Å². The molecule has 0 saturated carbocycles. The van der Waals surface area contributed by atoms with Gasteiger partial charge < -0.3 is 14.2 Å². The van der Waals surface area contributed by atoms with Gasteiger partial charge in [0, 0.05) is 19.3 Å². The summed E-state index contributed by atoms with van der Waals surface area (Å²) >= 11 is 0. The molecule has 476 valence electrons. The van der Waals surface area contributed by atoms with Gasteiger partial charge in [0.1, 0.15) is 13.2 Å². The van der Waals surface area contributed by atoms with Crippen LogP contribution in [-0.4, -0.2) is 37.2 Å². The molecule has 0 fully saturated rings. The summed E-state index contributed by atoms with van der Waals surface area (Å²) in [5, 5.41) is 0. The molecule has 0 aliphatic rings. The van der Waals surface area contributed by atoms with Crippen LogP contribution in [0.5, 0.6) is 0 Å². The first-order chi connectivity index (χ1) is 39.5. The molecular weight excluding hydrogens is 985 g/mol. The molecule has 0 radical (unpaired) electrons. The average molecular weight is 1130 g/mol. The first-order valence-electron chi connectivity index (χ1n) is 37.0. The average Bonchev–Trinajstić information content (AvgIpc) is 3.46. The van der Waals surface area contributed by atoms with Crippen molar-refractivity contribution in [2.75, 3.05) is 13.2 Å². The molecule has 1 atom stereocenters. The Kier molecular flexibility index (Phi) is 68.5. The minimum Gasteiger partial charge on any atom is -0.462 e. The summed E-state index contributed by atoms with van der Waals surface area (Å²) in [4.78, 5) is 38.3. The highest BCUT2D eigenvalue weighted by Gasteiger charge is 2.20. The molecule has 0 amide bonds. The Morgan fingerprint density at radius 3 is 0.500 bits per heavy atom. The third kappa shape index (κ3) is 67.2. The Labute approximate surface area is 501 Å². The van der Waals surface area contributed by atoms with Crippen molar-refractivity contribution >= 4 is 17.9 Å². The van der Waals surface area contributed by atoms with Gasteiger partial charge >= 0.3 is 17.9 Å². The van der Waals surface area contributed by atoms with E-state index in [2.05, 4.69) is 20.8 Å². The third-order valence-electron chi connectivity index (χ3n) is 17.4. The maximum Gasteiger partial charge on any atom is 0.306 e. The smallest absolute Gasteiger partial charge is 0.306 e. The van der Waals surface area contributed by atoms with E-state index < -0.39 is 6.10 Å². The van der Waals surface area contributed by atoms with Crippen LogP contribution in [0.3, 0.4) is 0 Å². The monoisotopic (exact) mass is 1130 g/mol. The van der Waals surface area contributed by atoms with E-state index in [-0.39, 0.29) is 31.1 Å². The molecule has 0 aliphatic heterocycles. The van der Waals surface area contributed by atoms with Crippen LogP contribution in [0.15, 0.2) is 0 Å². The lowest BCUT2D eigenvalue weighted by Crippen LogP contribution is -2.30. The van der Waals surface area contributed by atoms with E-state index in [0.29, 0.717) is 19.3 Å². The van der Waals surface area contributed by atoms with Crippen molar-refractivity contribution < 1.29 is 28.6 Å². The maximum atomic E-state index is 12.9. The first-order valence-corrected chi connectivity index (χ1v) is 37.0.